The number of hydrogen-bond acceptors (Lipinski definition) is 5. The Morgan fingerprint density at radius 1 is 1.00 bits per heavy atom. The lowest BCUT2D eigenvalue weighted by Crippen LogP contribution is -2.46. The summed E-state index contributed by atoms with van der Waals surface area (Å²) in [5, 5.41) is 19.4. The van der Waals surface area contributed by atoms with Crippen molar-refractivity contribution in [3.05, 3.63) is 0 Å². The molecule has 0 aromatic heterocycles. The fraction of sp³-hybridized carbons (Fsp3) is 1.00. The van der Waals surface area contributed by atoms with E-state index in [4.69, 9.17) is 4.74 Å². The van der Waals surface area contributed by atoms with E-state index in [1.54, 1.807) is 0 Å². The van der Waals surface area contributed by atoms with E-state index in [0.29, 0.717) is 0 Å². The highest BCUT2D eigenvalue weighted by molar-refractivity contribution is 4.75. The highest BCUT2D eigenvalue weighted by Gasteiger charge is 2.21. The standard InChI is InChI=1S/C12H24N2O3/c15-11-1-3-13(4-2-11)9-12(16)10-14-5-7-17-8-6-14/h11-12,15-16H,1-10H2. The number of morpholine rings is 1. The average Bonchev–Trinajstić information content (AvgIpc) is 2.33. The Labute approximate surface area is 103 Å². The van der Waals surface area contributed by atoms with Crippen LogP contribution in [0.25, 0.3) is 0 Å². The van der Waals surface area contributed by atoms with Gasteiger partial charge < -0.3 is 19.8 Å². The highest BCUT2D eigenvalue weighted by atomic mass is 16.5. The molecule has 0 bridgehead atoms. The Bertz CT molecular complexity index is 214. The summed E-state index contributed by atoms with van der Waals surface area (Å²) in [6.07, 6.45) is 1.25. The van der Waals surface area contributed by atoms with Gasteiger partial charge >= 0.3 is 0 Å². The van der Waals surface area contributed by atoms with Crippen LogP contribution in [-0.4, -0.2) is 84.7 Å². The Hall–Kier alpha value is -0.200. The summed E-state index contributed by atoms with van der Waals surface area (Å²) in [4.78, 5) is 4.50. The largest absolute Gasteiger partial charge is 0.393 e. The van der Waals surface area contributed by atoms with Crippen LogP contribution < -0.4 is 0 Å². The first-order valence-corrected chi connectivity index (χ1v) is 6.62. The summed E-state index contributed by atoms with van der Waals surface area (Å²) in [7, 11) is 0. The zero-order chi connectivity index (χ0) is 12.1. The monoisotopic (exact) mass is 244 g/mol. The van der Waals surface area contributed by atoms with Gasteiger partial charge in [0, 0.05) is 39.3 Å². The van der Waals surface area contributed by atoms with Crippen molar-refractivity contribution < 1.29 is 14.9 Å². The van der Waals surface area contributed by atoms with Crippen LogP contribution in [0.4, 0.5) is 0 Å². The van der Waals surface area contributed by atoms with Gasteiger partial charge in [-0.15, -0.1) is 0 Å². The number of rotatable bonds is 4. The Kier molecular flexibility index (Phi) is 5.18. The van der Waals surface area contributed by atoms with Crippen molar-refractivity contribution in [2.45, 2.75) is 25.0 Å². The summed E-state index contributed by atoms with van der Waals surface area (Å²) in [6.45, 7) is 6.69. The van der Waals surface area contributed by atoms with Gasteiger partial charge in [0.15, 0.2) is 0 Å². The molecule has 2 aliphatic heterocycles. The fourth-order valence-corrected chi connectivity index (χ4v) is 2.54. The number of nitrogens with zero attached hydrogens (tertiary/aromatic N) is 2. The molecule has 2 fully saturated rings. The van der Waals surface area contributed by atoms with Crippen LogP contribution in [0.1, 0.15) is 12.8 Å². The minimum atomic E-state index is -0.289. The molecule has 5 nitrogen and oxygen atoms in total. The molecule has 2 rings (SSSR count). The number of aliphatic hydroxyl groups is 2. The van der Waals surface area contributed by atoms with E-state index in [9.17, 15) is 10.2 Å². The molecule has 0 radical (unpaired) electrons. The number of piperidine rings is 1. The first kappa shape index (κ1) is 13.2. The van der Waals surface area contributed by atoms with Gasteiger partial charge in [0.2, 0.25) is 0 Å². The second kappa shape index (κ2) is 6.66. The van der Waals surface area contributed by atoms with Crippen LogP contribution in [0.2, 0.25) is 0 Å². The van der Waals surface area contributed by atoms with Crippen molar-refractivity contribution in [3.63, 3.8) is 0 Å². The molecule has 2 saturated heterocycles. The number of aliphatic hydroxyl groups excluding tert-OH is 2. The first-order chi connectivity index (χ1) is 8.24. The van der Waals surface area contributed by atoms with Crippen LogP contribution in [-0.2, 0) is 4.74 Å². The smallest absolute Gasteiger partial charge is 0.0793 e. The van der Waals surface area contributed by atoms with E-state index in [-0.39, 0.29) is 12.2 Å². The third-order valence-electron chi connectivity index (χ3n) is 3.60. The lowest BCUT2D eigenvalue weighted by atomic mass is 10.1. The predicted molar refractivity (Wildman–Crippen MR) is 64.9 cm³/mol. The third-order valence-corrected chi connectivity index (χ3v) is 3.60. The quantitative estimate of drug-likeness (QED) is 0.674. The van der Waals surface area contributed by atoms with Crippen molar-refractivity contribution in [1.29, 1.82) is 0 Å². The zero-order valence-corrected chi connectivity index (χ0v) is 10.4. The van der Waals surface area contributed by atoms with Crippen molar-refractivity contribution in [1.82, 2.24) is 9.80 Å². The van der Waals surface area contributed by atoms with E-state index in [2.05, 4.69) is 9.80 Å². The van der Waals surface area contributed by atoms with Gasteiger partial charge in [-0.3, -0.25) is 4.90 Å². The molecule has 5 heteroatoms. The SMILES string of the molecule is OC1CCN(CC(O)CN2CCOCC2)CC1. The molecule has 0 aliphatic carbocycles. The molecule has 100 valence electrons. The highest BCUT2D eigenvalue weighted by Crippen LogP contribution is 2.10. The molecule has 2 aliphatic rings. The number of hydrogen-bond donors (Lipinski definition) is 2. The van der Waals surface area contributed by atoms with Gasteiger partial charge in [-0.2, -0.15) is 0 Å². The molecule has 1 atom stereocenters. The summed E-state index contributed by atoms with van der Waals surface area (Å²) >= 11 is 0. The summed E-state index contributed by atoms with van der Waals surface area (Å²) in [6, 6.07) is 0. The molecule has 1 unspecified atom stereocenters. The molecular weight excluding hydrogens is 220 g/mol. The number of ether oxygens (including phenoxy) is 1. The number of β-amino-alcohol motifs (C(OH)–C–C–N with tert-alkyl or cyclic N) is 1. The van der Waals surface area contributed by atoms with Gasteiger partial charge in [-0.25, -0.2) is 0 Å². The molecule has 0 amide bonds. The van der Waals surface area contributed by atoms with E-state index < -0.39 is 0 Å². The zero-order valence-electron chi connectivity index (χ0n) is 10.4. The van der Waals surface area contributed by atoms with Crippen LogP contribution in [0.3, 0.4) is 0 Å². The molecule has 2 heterocycles. The Morgan fingerprint density at radius 2 is 1.53 bits per heavy atom. The Morgan fingerprint density at radius 3 is 2.12 bits per heavy atom. The molecule has 17 heavy (non-hydrogen) atoms. The van der Waals surface area contributed by atoms with Crippen molar-refractivity contribution in [2.75, 3.05) is 52.5 Å². The van der Waals surface area contributed by atoms with Crippen molar-refractivity contribution >= 4 is 0 Å². The maximum Gasteiger partial charge on any atom is 0.0793 e. The second-order valence-electron chi connectivity index (χ2n) is 5.10. The average molecular weight is 244 g/mol. The molecule has 0 saturated carbocycles. The van der Waals surface area contributed by atoms with Gasteiger partial charge in [-0.1, -0.05) is 0 Å². The maximum atomic E-state index is 10.0. The van der Waals surface area contributed by atoms with Gasteiger partial charge in [0.05, 0.1) is 25.4 Å². The molecular formula is C12H24N2O3. The van der Waals surface area contributed by atoms with Gasteiger partial charge in [0.25, 0.3) is 0 Å². The van der Waals surface area contributed by atoms with E-state index in [0.717, 1.165) is 65.3 Å². The second-order valence-corrected chi connectivity index (χ2v) is 5.10. The molecule has 0 aromatic rings. The topological polar surface area (TPSA) is 56.2 Å². The molecule has 0 spiro atoms. The summed E-state index contributed by atoms with van der Waals surface area (Å²) < 4.78 is 5.28. The van der Waals surface area contributed by atoms with Crippen molar-refractivity contribution in [2.24, 2.45) is 0 Å². The van der Waals surface area contributed by atoms with E-state index in [1.807, 2.05) is 0 Å². The number of likely N-dealkylation sites (tertiary alicyclic amines) is 1. The minimum Gasteiger partial charge on any atom is -0.393 e. The third kappa shape index (κ3) is 4.52. The van der Waals surface area contributed by atoms with Gasteiger partial charge in [-0.05, 0) is 12.8 Å². The van der Waals surface area contributed by atoms with Crippen LogP contribution in [0.15, 0.2) is 0 Å². The van der Waals surface area contributed by atoms with E-state index in [1.165, 1.54) is 0 Å². The van der Waals surface area contributed by atoms with Crippen LogP contribution in [0, 0.1) is 0 Å². The molecule has 0 aromatic carbocycles. The van der Waals surface area contributed by atoms with Gasteiger partial charge in [0.1, 0.15) is 0 Å². The summed E-state index contributed by atoms with van der Waals surface area (Å²) in [5.74, 6) is 0. The van der Waals surface area contributed by atoms with Crippen LogP contribution >= 0.6 is 0 Å². The predicted octanol–water partition coefficient (Wildman–Crippen LogP) is -0.864. The Balaban J connectivity index is 1.64. The summed E-state index contributed by atoms with van der Waals surface area (Å²) in [5.41, 5.74) is 0. The first-order valence-electron chi connectivity index (χ1n) is 6.62. The minimum absolute atomic E-state index is 0.136. The maximum absolute atomic E-state index is 10.0. The van der Waals surface area contributed by atoms with E-state index >= 15 is 0 Å². The molecule has 2 N–H and O–H groups in total. The van der Waals surface area contributed by atoms with Crippen molar-refractivity contribution in [3.8, 4) is 0 Å². The van der Waals surface area contributed by atoms with Crippen LogP contribution in [0.5, 0.6) is 0 Å². The normalized spacial score (nSPS) is 27.2. The fourth-order valence-electron chi connectivity index (χ4n) is 2.54. The lowest BCUT2D eigenvalue weighted by molar-refractivity contribution is 0.0000535. The lowest BCUT2D eigenvalue weighted by Gasteiger charge is -2.33.